The average Bonchev–Trinajstić information content (AvgIpc) is 3.35. The van der Waals surface area contributed by atoms with Gasteiger partial charge in [-0.05, 0) is 37.5 Å². The van der Waals surface area contributed by atoms with E-state index in [-0.39, 0.29) is 0 Å². The van der Waals surface area contributed by atoms with Crippen LogP contribution in [0.4, 0.5) is 11.6 Å². The molecule has 1 saturated heterocycles. The van der Waals surface area contributed by atoms with Gasteiger partial charge < -0.3 is 10.2 Å². The summed E-state index contributed by atoms with van der Waals surface area (Å²) in [5.74, 6) is 3.31. The van der Waals surface area contributed by atoms with Crippen LogP contribution in [-0.4, -0.2) is 34.1 Å². The molecule has 2 fully saturated rings. The van der Waals surface area contributed by atoms with Crippen LogP contribution in [0.3, 0.4) is 0 Å². The number of nitrogens with one attached hydrogen (secondary N) is 1. The standard InChI is InChI=1S/C17H18N6/c18-10-13-2-1-3-16(21-13)23-9-7-14(11-23)20-15-6-8-19-17(22-15)12-4-5-12/h1-3,6,8,12,14H,4-5,7,9,11H2,(H,19,20,22). The Labute approximate surface area is 135 Å². The summed E-state index contributed by atoms with van der Waals surface area (Å²) in [5.41, 5.74) is 0.462. The number of pyridine rings is 1. The maximum Gasteiger partial charge on any atom is 0.142 e. The van der Waals surface area contributed by atoms with E-state index in [1.54, 1.807) is 6.07 Å². The van der Waals surface area contributed by atoms with Crippen molar-refractivity contribution in [1.82, 2.24) is 15.0 Å². The number of nitrogens with zero attached hydrogens (tertiary/aromatic N) is 5. The van der Waals surface area contributed by atoms with Gasteiger partial charge in [-0.2, -0.15) is 5.26 Å². The summed E-state index contributed by atoms with van der Waals surface area (Å²) < 4.78 is 0. The summed E-state index contributed by atoms with van der Waals surface area (Å²) in [5, 5.41) is 12.5. The molecule has 0 radical (unpaired) electrons. The van der Waals surface area contributed by atoms with E-state index in [9.17, 15) is 0 Å². The zero-order chi connectivity index (χ0) is 15.6. The number of aromatic nitrogens is 3. The number of rotatable bonds is 4. The van der Waals surface area contributed by atoms with Crippen molar-refractivity contribution >= 4 is 11.6 Å². The van der Waals surface area contributed by atoms with Crippen molar-refractivity contribution in [1.29, 1.82) is 5.26 Å². The molecule has 1 atom stereocenters. The third-order valence-corrected chi connectivity index (χ3v) is 4.33. The Bertz CT molecular complexity index is 749. The predicted octanol–water partition coefficient (Wildman–Crippen LogP) is 2.31. The van der Waals surface area contributed by atoms with Crippen molar-refractivity contribution in [3.8, 4) is 6.07 Å². The Morgan fingerprint density at radius 3 is 2.91 bits per heavy atom. The molecule has 0 aromatic carbocycles. The Balaban J connectivity index is 1.42. The van der Waals surface area contributed by atoms with Crippen molar-refractivity contribution in [2.75, 3.05) is 23.3 Å². The van der Waals surface area contributed by atoms with Gasteiger partial charge in [-0.15, -0.1) is 0 Å². The molecule has 0 amide bonds. The zero-order valence-corrected chi connectivity index (χ0v) is 12.8. The lowest BCUT2D eigenvalue weighted by Gasteiger charge is -2.18. The Morgan fingerprint density at radius 2 is 2.09 bits per heavy atom. The van der Waals surface area contributed by atoms with Gasteiger partial charge in [0.1, 0.15) is 29.2 Å². The molecule has 2 aromatic rings. The van der Waals surface area contributed by atoms with Crippen molar-refractivity contribution in [3.05, 3.63) is 42.0 Å². The van der Waals surface area contributed by atoms with Gasteiger partial charge in [0.05, 0.1) is 0 Å². The number of hydrogen-bond donors (Lipinski definition) is 1. The topological polar surface area (TPSA) is 77.7 Å². The summed E-state index contributed by atoms with van der Waals surface area (Å²) in [4.78, 5) is 15.6. The highest BCUT2D eigenvalue weighted by atomic mass is 15.2. The van der Waals surface area contributed by atoms with Crippen LogP contribution in [-0.2, 0) is 0 Å². The molecule has 3 heterocycles. The largest absolute Gasteiger partial charge is 0.365 e. The summed E-state index contributed by atoms with van der Waals surface area (Å²) in [6.07, 6.45) is 5.29. The third kappa shape index (κ3) is 3.09. The molecule has 116 valence electrons. The van der Waals surface area contributed by atoms with Gasteiger partial charge in [-0.3, -0.25) is 0 Å². The minimum atomic E-state index is 0.337. The first-order valence-corrected chi connectivity index (χ1v) is 8.03. The van der Waals surface area contributed by atoms with E-state index in [0.29, 0.717) is 17.7 Å². The third-order valence-electron chi connectivity index (χ3n) is 4.33. The SMILES string of the molecule is N#Cc1cccc(N2CCC(Nc3ccnc(C4CC4)n3)C2)n1. The van der Waals surface area contributed by atoms with Crippen molar-refractivity contribution in [3.63, 3.8) is 0 Å². The van der Waals surface area contributed by atoms with Crippen LogP contribution in [0.2, 0.25) is 0 Å². The first-order chi connectivity index (χ1) is 11.3. The maximum absolute atomic E-state index is 8.97. The normalized spacial score (nSPS) is 20.3. The fraction of sp³-hybridized carbons (Fsp3) is 0.412. The van der Waals surface area contributed by atoms with Crippen LogP contribution < -0.4 is 10.2 Å². The van der Waals surface area contributed by atoms with Gasteiger partial charge in [0.2, 0.25) is 0 Å². The van der Waals surface area contributed by atoms with Crippen molar-refractivity contribution in [2.45, 2.75) is 31.2 Å². The lowest BCUT2D eigenvalue weighted by molar-refractivity contribution is 0.792. The lowest BCUT2D eigenvalue weighted by Crippen LogP contribution is -2.27. The first kappa shape index (κ1) is 13.9. The second-order valence-electron chi connectivity index (χ2n) is 6.14. The van der Waals surface area contributed by atoms with Crippen LogP contribution in [0.15, 0.2) is 30.5 Å². The van der Waals surface area contributed by atoms with E-state index >= 15 is 0 Å². The number of anilines is 2. The van der Waals surface area contributed by atoms with Crippen LogP contribution in [0.1, 0.15) is 36.7 Å². The monoisotopic (exact) mass is 306 g/mol. The van der Waals surface area contributed by atoms with Crippen LogP contribution in [0, 0.1) is 11.3 Å². The van der Waals surface area contributed by atoms with Gasteiger partial charge >= 0.3 is 0 Å². The summed E-state index contributed by atoms with van der Waals surface area (Å²) >= 11 is 0. The van der Waals surface area contributed by atoms with Crippen molar-refractivity contribution < 1.29 is 0 Å². The molecule has 0 bridgehead atoms. The molecule has 6 heteroatoms. The van der Waals surface area contributed by atoms with Gasteiger partial charge in [0.25, 0.3) is 0 Å². The molecule has 1 saturated carbocycles. The fourth-order valence-electron chi connectivity index (χ4n) is 2.95. The molecule has 6 nitrogen and oxygen atoms in total. The lowest BCUT2D eigenvalue weighted by atomic mass is 10.2. The highest BCUT2D eigenvalue weighted by Crippen LogP contribution is 2.38. The van der Waals surface area contributed by atoms with Gasteiger partial charge in [0.15, 0.2) is 0 Å². The molecule has 1 aliphatic heterocycles. The molecule has 4 rings (SSSR count). The number of hydrogen-bond acceptors (Lipinski definition) is 6. The summed E-state index contributed by atoms with van der Waals surface area (Å²) in [6.45, 7) is 1.80. The number of nitriles is 1. The van der Waals surface area contributed by atoms with Gasteiger partial charge in [-0.1, -0.05) is 6.07 Å². The molecule has 1 unspecified atom stereocenters. The maximum atomic E-state index is 8.97. The second kappa shape index (κ2) is 5.84. The highest BCUT2D eigenvalue weighted by molar-refractivity contribution is 5.45. The van der Waals surface area contributed by atoms with Gasteiger partial charge in [-0.25, -0.2) is 15.0 Å². The molecule has 1 aliphatic carbocycles. The quantitative estimate of drug-likeness (QED) is 0.934. The molecule has 1 N–H and O–H groups in total. The minimum Gasteiger partial charge on any atom is -0.365 e. The van der Waals surface area contributed by atoms with E-state index in [1.807, 2.05) is 24.4 Å². The van der Waals surface area contributed by atoms with E-state index in [0.717, 1.165) is 37.0 Å². The van der Waals surface area contributed by atoms with E-state index < -0.39 is 0 Å². The van der Waals surface area contributed by atoms with Gasteiger partial charge in [0, 0.05) is 31.2 Å². The summed E-state index contributed by atoms with van der Waals surface area (Å²) in [7, 11) is 0. The molecular weight excluding hydrogens is 288 g/mol. The van der Waals surface area contributed by atoms with Crippen LogP contribution in [0.5, 0.6) is 0 Å². The van der Waals surface area contributed by atoms with E-state index in [1.165, 1.54) is 12.8 Å². The molecule has 2 aromatic heterocycles. The molecule has 0 spiro atoms. The van der Waals surface area contributed by atoms with E-state index in [2.05, 4.69) is 31.2 Å². The molecular formula is C17H18N6. The smallest absolute Gasteiger partial charge is 0.142 e. The second-order valence-corrected chi connectivity index (χ2v) is 6.14. The van der Waals surface area contributed by atoms with Crippen molar-refractivity contribution in [2.24, 2.45) is 0 Å². The minimum absolute atomic E-state index is 0.337. The fourth-order valence-corrected chi connectivity index (χ4v) is 2.95. The van der Waals surface area contributed by atoms with Crippen LogP contribution in [0.25, 0.3) is 0 Å². The Morgan fingerprint density at radius 1 is 1.17 bits per heavy atom. The Hall–Kier alpha value is -2.68. The molecule has 2 aliphatic rings. The first-order valence-electron chi connectivity index (χ1n) is 8.03. The molecule has 23 heavy (non-hydrogen) atoms. The van der Waals surface area contributed by atoms with Crippen LogP contribution >= 0.6 is 0 Å². The van der Waals surface area contributed by atoms with E-state index in [4.69, 9.17) is 5.26 Å². The average molecular weight is 306 g/mol. The zero-order valence-electron chi connectivity index (χ0n) is 12.8. The highest BCUT2D eigenvalue weighted by Gasteiger charge is 2.27. The Kier molecular flexibility index (Phi) is 3.54. The summed E-state index contributed by atoms with van der Waals surface area (Å²) in [6, 6.07) is 9.94. The predicted molar refractivity (Wildman–Crippen MR) is 87.2 cm³/mol.